The maximum absolute atomic E-state index is 11.7. The molecule has 0 aromatic carbocycles. The van der Waals surface area contributed by atoms with Crippen LogP contribution in [0, 0.1) is 0 Å². The van der Waals surface area contributed by atoms with Crippen molar-refractivity contribution in [2.24, 2.45) is 0 Å². The van der Waals surface area contributed by atoms with E-state index in [4.69, 9.17) is 0 Å². The van der Waals surface area contributed by atoms with Crippen LogP contribution < -0.4 is 5.32 Å². The van der Waals surface area contributed by atoms with E-state index in [0.717, 1.165) is 17.1 Å². The number of amides is 1. The first-order chi connectivity index (χ1) is 9.63. The van der Waals surface area contributed by atoms with Gasteiger partial charge in [-0.15, -0.1) is 0 Å². The van der Waals surface area contributed by atoms with Crippen LogP contribution in [-0.2, 0) is 0 Å². The molecule has 5 heteroatoms. The molecule has 1 N–H and O–H groups in total. The highest BCUT2D eigenvalue weighted by Crippen LogP contribution is 2.23. The first kappa shape index (κ1) is 14.1. The van der Waals surface area contributed by atoms with Crippen LogP contribution in [0.25, 0.3) is 11.4 Å². The second-order valence-electron chi connectivity index (χ2n) is 4.74. The minimum absolute atomic E-state index is 0.116. The van der Waals surface area contributed by atoms with Crippen molar-refractivity contribution in [1.82, 2.24) is 20.3 Å². The van der Waals surface area contributed by atoms with Crippen LogP contribution in [0.15, 0.2) is 30.7 Å². The van der Waals surface area contributed by atoms with Crippen molar-refractivity contribution in [1.29, 1.82) is 0 Å². The highest BCUT2D eigenvalue weighted by molar-refractivity contribution is 5.94. The van der Waals surface area contributed by atoms with Crippen LogP contribution in [-0.4, -0.2) is 27.4 Å². The number of hydrogen-bond donors (Lipinski definition) is 1. The van der Waals surface area contributed by atoms with E-state index in [9.17, 15) is 4.79 Å². The Bertz CT molecular complexity index is 593. The van der Waals surface area contributed by atoms with Gasteiger partial charge in [0.1, 0.15) is 5.69 Å². The zero-order valence-electron chi connectivity index (χ0n) is 11.9. The Morgan fingerprint density at radius 3 is 2.55 bits per heavy atom. The Kier molecular flexibility index (Phi) is 4.40. The molecule has 0 aliphatic rings. The van der Waals surface area contributed by atoms with Crippen LogP contribution in [0.4, 0.5) is 0 Å². The van der Waals surface area contributed by atoms with Crippen molar-refractivity contribution in [3.05, 3.63) is 42.0 Å². The molecule has 0 radical (unpaired) electrons. The van der Waals surface area contributed by atoms with Crippen molar-refractivity contribution < 1.29 is 4.79 Å². The van der Waals surface area contributed by atoms with Crippen LogP contribution >= 0.6 is 0 Å². The molecule has 0 aliphatic carbocycles. The topological polar surface area (TPSA) is 67.8 Å². The summed E-state index contributed by atoms with van der Waals surface area (Å²) in [7, 11) is 0. The maximum Gasteiger partial charge on any atom is 0.252 e. The Morgan fingerprint density at radius 1 is 1.20 bits per heavy atom. The molecule has 2 aromatic heterocycles. The molecule has 0 bridgehead atoms. The molecule has 1 amide bonds. The van der Waals surface area contributed by atoms with Crippen molar-refractivity contribution in [2.75, 3.05) is 6.54 Å². The summed E-state index contributed by atoms with van der Waals surface area (Å²) in [6.45, 7) is 6.61. The Morgan fingerprint density at radius 2 is 1.95 bits per heavy atom. The third kappa shape index (κ3) is 2.99. The average molecular weight is 270 g/mol. The van der Waals surface area contributed by atoms with E-state index < -0.39 is 0 Å². The highest BCUT2D eigenvalue weighted by atomic mass is 16.1. The van der Waals surface area contributed by atoms with E-state index in [1.807, 2.05) is 6.92 Å². The summed E-state index contributed by atoms with van der Waals surface area (Å²) in [6.07, 6.45) is 4.90. The van der Waals surface area contributed by atoms with Gasteiger partial charge in [-0.3, -0.25) is 19.7 Å². The van der Waals surface area contributed by atoms with Crippen LogP contribution in [0.5, 0.6) is 0 Å². The van der Waals surface area contributed by atoms with E-state index in [2.05, 4.69) is 34.1 Å². The zero-order valence-corrected chi connectivity index (χ0v) is 11.9. The molecule has 0 aliphatic heterocycles. The summed E-state index contributed by atoms with van der Waals surface area (Å²) in [5.74, 6) is 0.151. The van der Waals surface area contributed by atoms with Gasteiger partial charge >= 0.3 is 0 Å². The lowest BCUT2D eigenvalue weighted by atomic mass is 10.1. The molecule has 0 unspecified atom stereocenters. The smallest absolute Gasteiger partial charge is 0.252 e. The fourth-order valence-electron chi connectivity index (χ4n) is 1.90. The van der Waals surface area contributed by atoms with Gasteiger partial charge in [-0.1, -0.05) is 13.8 Å². The molecule has 0 saturated heterocycles. The second kappa shape index (κ2) is 6.23. The van der Waals surface area contributed by atoms with E-state index in [-0.39, 0.29) is 11.8 Å². The third-order valence-corrected chi connectivity index (χ3v) is 2.88. The third-order valence-electron chi connectivity index (χ3n) is 2.88. The molecule has 20 heavy (non-hydrogen) atoms. The minimum atomic E-state index is -0.116. The normalized spacial score (nSPS) is 10.6. The summed E-state index contributed by atoms with van der Waals surface area (Å²) in [4.78, 5) is 24.7. The molecule has 0 atom stereocenters. The molecule has 5 nitrogen and oxygen atoms in total. The van der Waals surface area contributed by atoms with E-state index in [0.29, 0.717) is 12.1 Å². The second-order valence-corrected chi connectivity index (χ2v) is 4.74. The van der Waals surface area contributed by atoms with Crippen molar-refractivity contribution in [3.8, 4) is 11.4 Å². The van der Waals surface area contributed by atoms with Crippen molar-refractivity contribution in [3.63, 3.8) is 0 Å². The summed E-state index contributed by atoms with van der Waals surface area (Å²) in [5.41, 5.74) is 2.95. The van der Waals surface area contributed by atoms with E-state index in [1.54, 1.807) is 30.7 Å². The van der Waals surface area contributed by atoms with Gasteiger partial charge in [0.25, 0.3) is 5.91 Å². The van der Waals surface area contributed by atoms with Crippen LogP contribution in [0.3, 0.4) is 0 Å². The molecule has 0 fully saturated rings. The first-order valence-corrected chi connectivity index (χ1v) is 6.69. The molecular weight excluding hydrogens is 252 g/mol. The van der Waals surface area contributed by atoms with E-state index >= 15 is 0 Å². The fourth-order valence-corrected chi connectivity index (χ4v) is 1.90. The van der Waals surface area contributed by atoms with Crippen LogP contribution in [0.2, 0.25) is 0 Å². The van der Waals surface area contributed by atoms with Crippen LogP contribution in [0.1, 0.15) is 42.7 Å². The lowest BCUT2D eigenvalue weighted by Gasteiger charge is -2.10. The number of carbonyl (C=O) groups is 1. The zero-order chi connectivity index (χ0) is 14.5. The van der Waals surface area contributed by atoms with E-state index in [1.165, 1.54) is 0 Å². The Labute approximate surface area is 118 Å². The number of pyridine rings is 1. The Hall–Kier alpha value is -2.30. The number of carbonyl (C=O) groups excluding carboxylic acids is 1. The van der Waals surface area contributed by atoms with Crippen molar-refractivity contribution in [2.45, 2.75) is 26.7 Å². The summed E-state index contributed by atoms with van der Waals surface area (Å²) in [6, 6.07) is 3.56. The lowest BCUT2D eigenvalue weighted by molar-refractivity contribution is 0.0955. The molecule has 2 rings (SSSR count). The van der Waals surface area contributed by atoms with Gasteiger partial charge in [-0.2, -0.15) is 0 Å². The van der Waals surface area contributed by atoms with Gasteiger partial charge in [0.15, 0.2) is 0 Å². The standard InChI is InChI=1S/C15H18N4O/c1-4-16-15(20)11-5-6-12(19-9-11)14-13(10(2)3)17-7-8-18-14/h5-10H,4H2,1-3H3,(H,16,20). The van der Waals surface area contributed by atoms with Gasteiger partial charge in [-0.05, 0) is 25.0 Å². The number of nitrogens with zero attached hydrogens (tertiary/aromatic N) is 3. The molecule has 0 spiro atoms. The molecular formula is C15H18N4O. The number of nitrogens with one attached hydrogen (secondary N) is 1. The van der Waals surface area contributed by atoms with Gasteiger partial charge in [0, 0.05) is 25.1 Å². The number of hydrogen-bond acceptors (Lipinski definition) is 4. The monoisotopic (exact) mass is 270 g/mol. The highest BCUT2D eigenvalue weighted by Gasteiger charge is 2.13. The minimum Gasteiger partial charge on any atom is -0.352 e. The maximum atomic E-state index is 11.7. The predicted molar refractivity (Wildman–Crippen MR) is 77.4 cm³/mol. The fraction of sp³-hybridized carbons (Fsp3) is 0.333. The number of rotatable bonds is 4. The predicted octanol–water partition coefficient (Wildman–Crippen LogP) is 2.41. The quantitative estimate of drug-likeness (QED) is 0.926. The van der Waals surface area contributed by atoms with Gasteiger partial charge < -0.3 is 5.32 Å². The molecule has 2 heterocycles. The molecule has 104 valence electrons. The molecule has 2 aromatic rings. The average Bonchev–Trinajstić information content (AvgIpc) is 2.47. The largest absolute Gasteiger partial charge is 0.352 e. The van der Waals surface area contributed by atoms with Gasteiger partial charge in [0.05, 0.1) is 17.0 Å². The summed E-state index contributed by atoms with van der Waals surface area (Å²) in [5, 5.41) is 2.74. The number of aromatic nitrogens is 3. The Balaban J connectivity index is 2.33. The summed E-state index contributed by atoms with van der Waals surface area (Å²) >= 11 is 0. The summed E-state index contributed by atoms with van der Waals surface area (Å²) < 4.78 is 0. The first-order valence-electron chi connectivity index (χ1n) is 6.69. The molecule has 0 saturated carbocycles. The van der Waals surface area contributed by atoms with Gasteiger partial charge in [-0.25, -0.2) is 0 Å². The van der Waals surface area contributed by atoms with Gasteiger partial charge in [0.2, 0.25) is 0 Å². The lowest BCUT2D eigenvalue weighted by Crippen LogP contribution is -2.22. The van der Waals surface area contributed by atoms with Crippen molar-refractivity contribution >= 4 is 5.91 Å². The SMILES string of the molecule is CCNC(=O)c1ccc(-c2nccnc2C(C)C)nc1.